The van der Waals surface area contributed by atoms with Gasteiger partial charge < -0.3 is 10.1 Å². The van der Waals surface area contributed by atoms with E-state index in [2.05, 4.69) is 11.4 Å². The highest BCUT2D eigenvalue weighted by molar-refractivity contribution is 6.30. The molecule has 1 aliphatic carbocycles. The molecule has 7 heteroatoms. The molecule has 2 rings (SSSR count). The van der Waals surface area contributed by atoms with Gasteiger partial charge in [-0.15, -0.1) is 0 Å². The Kier molecular flexibility index (Phi) is 7.16. The maximum atomic E-state index is 12.0. The molecular formula is C19H21ClN2O4. The number of nitrogens with one attached hydrogen (secondary N) is 1. The highest BCUT2D eigenvalue weighted by Crippen LogP contribution is 2.27. The molecular weight excluding hydrogens is 356 g/mol. The molecule has 6 nitrogen and oxygen atoms in total. The Bertz CT molecular complexity index is 703. The third kappa shape index (κ3) is 5.85. The first-order valence-corrected chi connectivity index (χ1v) is 8.98. The second-order valence-corrected chi connectivity index (χ2v) is 6.83. The maximum Gasteiger partial charge on any atom is 0.306 e. The number of esters is 1. The highest BCUT2D eigenvalue weighted by atomic mass is 35.5. The molecule has 1 aromatic rings. The number of nitriles is 1. The minimum Gasteiger partial charge on any atom is -0.456 e. The molecule has 1 saturated carbocycles. The van der Waals surface area contributed by atoms with E-state index in [9.17, 15) is 19.6 Å². The van der Waals surface area contributed by atoms with Crippen LogP contribution in [0.3, 0.4) is 0 Å². The first-order chi connectivity index (χ1) is 12.4. The summed E-state index contributed by atoms with van der Waals surface area (Å²) < 4.78 is 4.91. The monoisotopic (exact) mass is 376 g/mol. The summed E-state index contributed by atoms with van der Waals surface area (Å²) in [5.74, 6) is -1.32. The molecule has 0 radical (unpaired) electrons. The number of amides is 1. The molecule has 0 aromatic heterocycles. The molecule has 0 atom stereocenters. The van der Waals surface area contributed by atoms with Gasteiger partial charge in [-0.2, -0.15) is 5.26 Å². The van der Waals surface area contributed by atoms with E-state index in [4.69, 9.17) is 16.3 Å². The van der Waals surface area contributed by atoms with Crippen molar-refractivity contribution >= 4 is 29.3 Å². The van der Waals surface area contributed by atoms with Crippen LogP contribution < -0.4 is 5.32 Å². The van der Waals surface area contributed by atoms with Crippen LogP contribution in [0.2, 0.25) is 5.02 Å². The molecule has 0 saturated heterocycles. The summed E-state index contributed by atoms with van der Waals surface area (Å²) >= 11 is 5.76. The van der Waals surface area contributed by atoms with Crippen molar-refractivity contribution < 1.29 is 19.1 Å². The standard InChI is InChI=1S/C19H21ClN2O4/c20-15-6-4-14(5-7-15)16(23)8-9-18(25)26-12-17(24)22-19(13-21)10-2-1-3-11-19/h4-7H,1-3,8-12H2,(H,22,24). The third-order valence-electron chi connectivity index (χ3n) is 4.39. The van der Waals surface area contributed by atoms with Gasteiger partial charge in [-0.05, 0) is 37.1 Å². The molecule has 0 aliphatic heterocycles. The van der Waals surface area contributed by atoms with Gasteiger partial charge in [-0.1, -0.05) is 30.9 Å². The first kappa shape index (κ1) is 19.9. The lowest BCUT2D eigenvalue weighted by Gasteiger charge is -2.31. The zero-order valence-electron chi connectivity index (χ0n) is 14.4. The number of hydrogen-bond acceptors (Lipinski definition) is 5. The van der Waals surface area contributed by atoms with E-state index in [1.54, 1.807) is 24.3 Å². The largest absolute Gasteiger partial charge is 0.456 e. The van der Waals surface area contributed by atoms with E-state index in [0.717, 1.165) is 19.3 Å². The quantitative estimate of drug-likeness (QED) is 0.582. The summed E-state index contributed by atoms with van der Waals surface area (Å²) in [6, 6.07) is 8.57. The number of carbonyl (C=O) groups excluding carboxylic acids is 3. The number of Topliss-reactive ketones (excluding diaryl/α,β-unsaturated/α-hetero) is 1. The predicted octanol–water partition coefficient (Wildman–Crippen LogP) is 3.19. The van der Waals surface area contributed by atoms with Crippen LogP contribution >= 0.6 is 11.6 Å². The number of halogens is 1. The molecule has 26 heavy (non-hydrogen) atoms. The van der Waals surface area contributed by atoms with E-state index < -0.39 is 24.0 Å². The van der Waals surface area contributed by atoms with Crippen molar-refractivity contribution in [1.82, 2.24) is 5.32 Å². The van der Waals surface area contributed by atoms with Crippen molar-refractivity contribution in [3.63, 3.8) is 0 Å². The van der Waals surface area contributed by atoms with Crippen LogP contribution in [0.5, 0.6) is 0 Å². The van der Waals surface area contributed by atoms with Crippen LogP contribution in [-0.4, -0.2) is 29.8 Å². The number of rotatable bonds is 7. The topological polar surface area (TPSA) is 96.3 Å². The average Bonchev–Trinajstić information content (AvgIpc) is 2.65. The van der Waals surface area contributed by atoms with Crippen molar-refractivity contribution in [1.29, 1.82) is 5.26 Å². The minimum atomic E-state index is -0.855. The molecule has 138 valence electrons. The molecule has 0 spiro atoms. The molecule has 0 unspecified atom stereocenters. The molecule has 1 fully saturated rings. The fraction of sp³-hybridized carbons (Fsp3) is 0.474. The van der Waals surface area contributed by atoms with Crippen LogP contribution in [0.15, 0.2) is 24.3 Å². The van der Waals surface area contributed by atoms with Crippen molar-refractivity contribution in [2.24, 2.45) is 0 Å². The fourth-order valence-corrected chi connectivity index (χ4v) is 3.06. The van der Waals surface area contributed by atoms with Crippen LogP contribution in [0.4, 0.5) is 0 Å². The van der Waals surface area contributed by atoms with Gasteiger partial charge in [0.1, 0.15) is 5.54 Å². The number of nitrogens with zero attached hydrogens (tertiary/aromatic N) is 1. The number of ketones is 1. The summed E-state index contributed by atoms with van der Waals surface area (Å²) in [5, 5.41) is 12.5. The van der Waals surface area contributed by atoms with Gasteiger partial charge in [0.15, 0.2) is 12.4 Å². The van der Waals surface area contributed by atoms with E-state index in [1.807, 2.05) is 0 Å². The highest BCUT2D eigenvalue weighted by Gasteiger charge is 2.33. The molecule has 0 heterocycles. The smallest absolute Gasteiger partial charge is 0.306 e. The lowest BCUT2D eigenvalue weighted by atomic mass is 9.83. The Morgan fingerprint density at radius 1 is 1.12 bits per heavy atom. The molecule has 1 N–H and O–H groups in total. The third-order valence-corrected chi connectivity index (χ3v) is 4.64. The second-order valence-electron chi connectivity index (χ2n) is 6.39. The van der Waals surface area contributed by atoms with E-state index in [0.29, 0.717) is 23.4 Å². The molecule has 1 amide bonds. The Hall–Kier alpha value is -2.39. The number of carbonyl (C=O) groups is 3. The minimum absolute atomic E-state index is 0.00970. The average molecular weight is 377 g/mol. The van der Waals surface area contributed by atoms with Gasteiger partial charge in [-0.25, -0.2) is 0 Å². The second kappa shape index (κ2) is 9.35. The lowest BCUT2D eigenvalue weighted by molar-refractivity contribution is -0.148. The SMILES string of the molecule is N#CC1(NC(=O)COC(=O)CCC(=O)c2ccc(Cl)cc2)CCCCC1. The summed E-state index contributed by atoms with van der Waals surface area (Å²) in [6.45, 7) is -0.447. The predicted molar refractivity (Wildman–Crippen MR) is 95.5 cm³/mol. The first-order valence-electron chi connectivity index (χ1n) is 8.61. The zero-order chi connectivity index (χ0) is 19.0. The fourth-order valence-electron chi connectivity index (χ4n) is 2.94. The van der Waals surface area contributed by atoms with Crippen LogP contribution in [0.25, 0.3) is 0 Å². The van der Waals surface area contributed by atoms with Crippen LogP contribution in [0.1, 0.15) is 55.3 Å². The van der Waals surface area contributed by atoms with Gasteiger partial charge in [-0.3, -0.25) is 14.4 Å². The molecule has 1 aliphatic rings. The van der Waals surface area contributed by atoms with Crippen molar-refractivity contribution in [3.05, 3.63) is 34.9 Å². The van der Waals surface area contributed by atoms with Crippen molar-refractivity contribution in [3.8, 4) is 6.07 Å². The van der Waals surface area contributed by atoms with Crippen LogP contribution in [-0.2, 0) is 14.3 Å². The Morgan fingerprint density at radius 3 is 2.38 bits per heavy atom. The van der Waals surface area contributed by atoms with E-state index >= 15 is 0 Å². The van der Waals surface area contributed by atoms with E-state index in [1.165, 1.54) is 0 Å². The number of benzene rings is 1. The Balaban J connectivity index is 1.72. The van der Waals surface area contributed by atoms with Crippen LogP contribution in [0, 0.1) is 11.3 Å². The van der Waals surface area contributed by atoms with Gasteiger partial charge in [0.05, 0.1) is 12.5 Å². The summed E-state index contributed by atoms with van der Waals surface area (Å²) in [5.41, 5.74) is -0.389. The Labute approximate surface area is 157 Å². The zero-order valence-corrected chi connectivity index (χ0v) is 15.2. The van der Waals surface area contributed by atoms with Crippen molar-refractivity contribution in [2.45, 2.75) is 50.5 Å². The van der Waals surface area contributed by atoms with Gasteiger partial charge in [0, 0.05) is 17.0 Å². The molecule has 1 aromatic carbocycles. The van der Waals surface area contributed by atoms with Gasteiger partial charge in [0.25, 0.3) is 5.91 Å². The van der Waals surface area contributed by atoms with Gasteiger partial charge in [0.2, 0.25) is 0 Å². The van der Waals surface area contributed by atoms with E-state index in [-0.39, 0.29) is 18.6 Å². The number of hydrogen-bond donors (Lipinski definition) is 1. The maximum absolute atomic E-state index is 12.0. The van der Waals surface area contributed by atoms with Gasteiger partial charge >= 0.3 is 5.97 Å². The summed E-state index contributed by atoms with van der Waals surface area (Å²) in [4.78, 5) is 35.7. The summed E-state index contributed by atoms with van der Waals surface area (Å²) in [7, 11) is 0. The Morgan fingerprint density at radius 2 is 1.77 bits per heavy atom. The normalized spacial score (nSPS) is 15.5. The van der Waals surface area contributed by atoms with Crippen molar-refractivity contribution in [2.75, 3.05) is 6.61 Å². The summed E-state index contributed by atoms with van der Waals surface area (Å²) in [6.07, 6.45) is 3.93. The lowest BCUT2D eigenvalue weighted by Crippen LogP contribution is -2.50. The molecule has 0 bridgehead atoms. The number of ether oxygens (including phenoxy) is 1.